The molecule has 0 fully saturated rings. The molecule has 0 spiro atoms. The quantitative estimate of drug-likeness (QED) is 0.404. The fraction of sp³-hybridized carbons (Fsp3) is 0.320. The number of amides is 1. The minimum Gasteiger partial charge on any atom is -0.491 e. The molecule has 0 aliphatic carbocycles. The van der Waals surface area contributed by atoms with E-state index >= 15 is 0 Å². The standard InChI is InChI=1S/C25H29N7O3/c1-15(2)32(16(3)4)24(33)19-8-7-9-21(27-19)28-25-29-22-13-17(10-11-31(22)30-25)18-12-20(34-5)23(35-6)26-14-18/h7-16H,1-6H3,(H,27,28,30). The highest BCUT2D eigenvalue weighted by molar-refractivity contribution is 5.93. The van der Waals surface area contributed by atoms with Crippen molar-refractivity contribution in [1.29, 1.82) is 0 Å². The molecule has 10 nitrogen and oxygen atoms in total. The van der Waals surface area contributed by atoms with E-state index in [2.05, 4.69) is 25.4 Å². The Morgan fingerprint density at radius 3 is 2.46 bits per heavy atom. The van der Waals surface area contributed by atoms with Gasteiger partial charge in [0.25, 0.3) is 11.8 Å². The van der Waals surface area contributed by atoms with Gasteiger partial charge in [-0.1, -0.05) is 6.07 Å². The lowest BCUT2D eigenvalue weighted by Crippen LogP contribution is -2.42. The van der Waals surface area contributed by atoms with Crippen LogP contribution in [0.15, 0.2) is 48.8 Å². The van der Waals surface area contributed by atoms with Crippen LogP contribution in [-0.2, 0) is 0 Å². The molecule has 1 amide bonds. The molecule has 0 atom stereocenters. The predicted octanol–water partition coefficient (Wildman–Crippen LogP) is 4.21. The molecule has 4 aromatic rings. The van der Waals surface area contributed by atoms with Gasteiger partial charge in [0.1, 0.15) is 11.5 Å². The van der Waals surface area contributed by atoms with Crippen LogP contribution in [0.3, 0.4) is 0 Å². The van der Waals surface area contributed by atoms with E-state index in [1.807, 2.05) is 52.1 Å². The minimum absolute atomic E-state index is 0.0658. The maximum atomic E-state index is 13.0. The summed E-state index contributed by atoms with van der Waals surface area (Å²) in [6.45, 7) is 7.97. The van der Waals surface area contributed by atoms with E-state index in [-0.39, 0.29) is 18.0 Å². The summed E-state index contributed by atoms with van der Waals surface area (Å²) in [6.07, 6.45) is 3.53. The normalized spacial score (nSPS) is 11.2. The van der Waals surface area contributed by atoms with Gasteiger partial charge in [-0.15, -0.1) is 5.10 Å². The molecule has 4 heterocycles. The van der Waals surface area contributed by atoms with Crippen LogP contribution >= 0.6 is 0 Å². The summed E-state index contributed by atoms with van der Waals surface area (Å²) >= 11 is 0. The highest BCUT2D eigenvalue weighted by Crippen LogP contribution is 2.30. The highest BCUT2D eigenvalue weighted by atomic mass is 16.5. The fourth-order valence-electron chi connectivity index (χ4n) is 3.94. The van der Waals surface area contributed by atoms with Gasteiger partial charge in [0, 0.05) is 30.0 Å². The number of ether oxygens (including phenoxy) is 2. The van der Waals surface area contributed by atoms with Crippen molar-refractivity contribution in [3.63, 3.8) is 0 Å². The number of aromatic nitrogens is 5. The summed E-state index contributed by atoms with van der Waals surface area (Å²) in [5.41, 5.74) is 2.76. The molecule has 0 saturated heterocycles. The first kappa shape index (κ1) is 23.9. The van der Waals surface area contributed by atoms with Crippen LogP contribution in [0, 0.1) is 0 Å². The highest BCUT2D eigenvalue weighted by Gasteiger charge is 2.23. The topological polar surface area (TPSA) is 107 Å². The van der Waals surface area contributed by atoms with Crippen molar-refractivity contribution in [1.82, 2.24) is 29.5 Å². The maximum Gasteiger partial charge on any atom is 0.272 e. The second kappa shape index (κ2) is 9.96. The van der Waals surface area contributed by atoms with Gasteiger partial charge in [0.05, 0.1) is 14.2 Å². The van der Waals surface area contributed by atoms with Crippen molar-refractivity contribution in [2.45, 2.75) is 39.8 Å². The van der Waals surface area contributed by atoms with Crippen LogP contribution in [0.2, 0.25) is 0 Å². The molecule has 4 aromatic heterocycles. The number of methoxy groups -OCH3 is 2. The third-order valence-electron chi connectivity index (χ3n) is 5.46. The zero-order chi connectivity index (χ0) is 25.1. The van der Waals surface area contributed by atoms with E-state index in [0.717, 1.165) is 11.1 Å². The Bertz CT molecular complexity index is 1340. The number of fused-ring (bicyclic) bond motifs is 1. The Morgan fingerprint density at radius 2 is 1.77 bits per heavy atom. The van der Waals surface area contributed by atoms with Gasteiger partial charge in [-0.2, -0.15) is 4.98 Å². The Hall–Kier alpha value is -4.21. The third-order valence-corrected chi connectivity index (χ3v) is 5.46. The Morgan fingerprint density at radius 1 is 1.00 bits per heavy atom. The molecule has 0 bridgehead atoms. The first-order chi connectivity index (χ1) is 16.8. The van der Waals surface area contributed by atoms with Gasteiger partial charge < -0.3 is 19.7 Å². The number of anilines is 2. The van der Waals surface area contributed by atoms with Crippen LogP contribution in [-0.4, -0.2) is 61.7 Å². The zero-order valence-corrected chi connectivity index (χ0v) is 20.7. The Kier molecular flexibility index (Phi) is 6.81. The third kappa shape index (κ3) is 5.01. The number of nitrogens with one attached hydrogen (secondary N) is 1. The lowest BCUT2D eigenvalue weighted by molar-refractivity contribution is 0.0637. The molecule has 1 N–H and O–H groups in total. The van der Waals surface area contributed by atoms with Crippen molar-refractivity contribution in [3.05, 3.63) is 54.5 Å². The van der Waals surface area contributed by atoms with Crippen molar-refractivity contribution in [3.8, 4) is 22.8 Å². The van der Waals surface area contributed by atoms with Crippen LogP contribution in [0.25, 0.3) is 16.8 Å². The lowest BCUT2D eigenvalue weighted by Gasteiger charge is -2.30. The van der Waals surface area contributed by atoms with Crippen molar-refractivity contribution in [2.24, 2.45) is 0 Å². The van der Waals surface area contributed by atoms with Gasteiger partial charge in [0.2, 0.25) is 5.95 Å². The van der Waals surface area contributed by atoms with Gasteiger partial charge in [0.15, 0.2) is 11.4 Å². The number of hydrogen-bond donors (Lipinski definition) is 1. The summed E-state index contributed by atoms with van der Waals surface area (Å²) in [6, 6.07) is 11.1. The van der Waals surface area contributed by atoms with Crippen LogP contribution < -0.4 is 14.8 Å². The van der Waals surface area contributed by atoms with Gasteiger partial charge in [-0.05, 0) is 63.6 Å². The molecule has 4 rings (SSSR count). The molecule has 0 aliphatic rings. The number of nitrogens with zero attached hydrogens (tertiary/aromatic N) is 6. The molecule has 0 aliphatic heterocycles. The molecular formula is C25H29N7O3. The average Bonchev–Trinajstić information content (AvgIpc) is 3.24. The molecule has 0 saturated carbocycles. The summed E-state index contributed by atoms with van der Waals surface area (Å²) < 4.78 is 12.2. The Labute approximate surface area is 203 Å². The summed E-state index contributed by atoms with van der Waals surface area (Å²) in [5.74, 6) is 1.71. The molecule has 182 valence electrons. The van der Waals surface area contributed by atoms with E-state index < -0.39 is 0 Å². The SMILES string of the molecule is COc1cc(-c2ccn3nc(Nc4cccc(C(=O)N(C(C)C)C(C)C)n4)nc3c2)cnc1OC. The van der Waals surface area contributed by atoms with E-state index in [1.165, 1.54) is 0 Å². The number of rotatable bonds is 8. The predicted molar refractivity (Wildman–Crippen MR) is 133 cm³/mol. The number of carbonyl (C=O) groups excluding carboxylic acids is 1. The first-order valence-corrected chi connectivity index (χ1v) is 11.3. The molecule has 0 aromatic carbocycles. The minimum atomic E-state index is -0.116. The summed E-state index contributed by atoms with van der Waals surface area (Å²) in [4.78, 5) is 28.2. The van der Waals surface area contributed by atoms with Crippen molar-refractivity contribution < 1.29 is 14.3 Å². The molecule has 0 unspecified atom stereocenters. The average molecular weight is 476 g/mol. The number of hydrogen-bond acceptors (Lipinski definition) is 8. The van der Waals surface area contributed by atoms with Gasteiger partial charge >= 0.3 is 0 Å². The number of carbonyl (C=O) groups is 1. The van der Waals surface area contributed by atoms with Gasteiger partial charge in [-0.25, -0.2) is 14.5 Å². The van der Waals surface area contributed by atoms with Crippen LogP contribution in [0.1, 0.15) is 38.2 Å². The molecule has 0 radical (unpaired) electrons. The summed E-state index contributed by atoms with van der Waals surface area (Å²) in [5, 5.41) is 7.57. The van der Waals surface area contributed by atoms with Crippen molar-refractivity contribution >= 4 is 23.3 Å². The lowest BCUT2D eigenvalue weighted by atomic mass is 10.1. The zero-order valence-electron chi connectivity index (χ0n) is 20.7. The van der Waals surface area contributed by atoms with E-state index in [1.54, 1.807) is 48.0 Å². The fourth-order valence-corrected chi connectivity index (χ4v) is 3.94. The molecular weight excluding hydrogens is 446 g/mol. The maximum absolute atomic E-state index is 13.0. The van der Waals surface area contributed by atoms with E-state index in [0.29, 0.717) is 34.7 Å². The molecule has 10 heteroatoms. The van der Waals surface area contributed by atoms with E-state index in [9.17, 15) is 4.79 Å². The molecule has 35 heavy (non-hydrogen) atoms. The van der Waals surface area contributed by atoms with Crippen molar-refractivity contribution in [2.75, 3.05) is 19.5 Å². The monoisotopic (exact) mass is 475 g/mol. The summed E-state index contributed by atoms with van der Waals surface area (Å²) in [7, 11) is 3.12. The second-order valence-corrected chi connectivity index (χ2v) is 8.52. The largest absolute Gasteiger partial charge is 0.491 e. The van der Waals surface area contributed by atoms with Crippen LogP contribution in [0.4, 0.5) is 11.8 Å². The van der Waals surface area contributed by atoms with Crippen LogP contribution in [0.5, 0.6) is 11.6 Å². The smallest absolute Gasteiger partial charge is 0.272 e. The second-order valence-electron chi connectivity index (χ2n) is 8.52. The number of pyridine rings is 3. The first-order valence-electron chi connectivity index (χ1n) is 11.3. The Balaban J connectivity index is 1.58. The van der Waals surface area contributed by atoms with E-state index in [4.69, 9.17) is 9.47 Å². The van der Waals surface area contributed by atoms with Gasteiger partial charge in [-0.3, -0.25) is 4.79 Å².